The Bertz CT molecular complexity index is 235. The third-order valence-corrected chi connectivity index (χ3v) is 10.5. The van der Waals surface area contributed by atoms with Crippen LogP contribution in [0.5, 0.6) is 0 Å². The molecule has 0 atom stereocenters. The summed E-state index contributed by atoms with van der Waals surface area (Å²) in [7, 11) is 0. The van der Waals surface area contributed by atoms with E-state index < -0.39 is 23.8 Å². The fraction of sp³-hybridized carbons (Fsp3) is 1.00. The van der Waals surface area contributed by atoms with Crippen molar-refractivity contribution in [3.63, 3.8) is 0 Å². The van der Waals surface area contributed by atoms with Crippen molar-refractivity contribution >= 4 is 24.8 Å². The van der Waals surface area contributed by atoms with Gasteiger partial charge in [0.2, 0.25) is 0 Å². The van der Waals surface area contributed by atoms with E-state index in [1.54, 1.807) is 0 Å². The molecule has 0 saturated heterocycles. The first-order valence-electron chi connectivity index (χ1n) is 7.34. The fourth-order valence-corrected chi connectivity index (χ4v) is 6.15. The van der Waals surface area contributed by atoms with Gasteiger partial charge in [-0.05, 0) is 0 Å². The topological polar surface area (TPSA) is 6.48 Å². The van der Waals surface area contributed by atoms with Gasteiger partial charge in [0.15, 0.2) is 0 Å². The van der Waals surface area contributed by atoms with Crippen LogP contribution in [-0.2, 0) is 23.8 Å². The van der Waals surface area contributed by atoms with Crippen molar-refractivity contribution in [2.24, 2.45) is 0 Å². The van der Waals surface area contributed by atoms with Crippen LogP contribution in [0.15, 0.2) is 0 Å². The molecule has 2 nitrogen and oxygen atoms in total. The van der Waals surface area contributed by atoms with Crippen LogP contribution in [0.4, 0.5) is 0 Å². The molecule has 0 aromatic carbocycles. The molecule has 0 saturated carbocycles. The molecule has 5 heteroatoms. The number of nitrogens with zero attached hydrogens (tertiary/aromatic N) is 2. The van der Waals surface area contributed by atoms with Crippen molar-refractivity contribution in [2.75, 3.05) is 0 Å². The summed E-state index contributed by atoms with van der Waals surface area (Å²) in [6, 6.07) is 0. The van der Waals surface area contributed by atoms with Gasteiger partial charge in [-0.1, -0.05) is 0 Å². The maximum Gasteiger partial charge on any atom is -0.147 e. The molecule has 0 bridgehead atoms. The summed E-state index contributed by atoms with van der Waals surface area (Å²) in [4.78, 5) is 0. The van der Waals surface area contributed by atoms with E-state index in [1.165, 1.54) is 0 Å². The Morgan fingerprint density at radius 1 is 0.429 bits per heavy atom. The quantitative estimate of drug-likeness (QED) is 0.579. The van der Waals surface area contributed by atoms with Gasteiger partial charge in [0.25, 0.3) is 0 Å². The molecular weight excluding hydrogens is 382 g/mol. The van der Waals surface area contributed by atoms with Crippen molar-refractivity contribution in [2.45, 2.75) is 105 Å². The Hall–Kier alpha value is 1.38. The number of halogens is 2. The van der Waals surface area contributed by atoms with Crippen molar-refractivity contribution in [1.82, 2.24) is 5.69 Å². The van der Waals surface area contributed by atoms with E-state index in [0.717, 1.165) is 0 Å². The van der Waals surface area contributed by atoms with E-state index in [2.05, 4.69) is 88.8 Å². The van der Waals surface area contributed by atoms with Gasteiger partial charge in [-0.15, -0.1) is 24.8 Å². The molecule has 0 aromatic rings. The van der Waals surface area contributed by atoms with Crippen molar-refractivity contribution in [3.05, 3.63) is 0 Å². The minimum absolute atomic E-state index is 0. The van der Waals surface area contributed by atoms with Crippen LogP contribution >= 0.6 is 24.8 Å². The fourth-order valence-electron chi connectivity index (χ4n) is 2.71. The van der Waals surface area contributed by atoms with Crippen molar-refractivity contribution < 1.29 is 23.8 Å². The van der Waals surface area contributed by atoms with Crippen LogP contribution in [0.2, 0.25) is 0 Å². The van der Waals surface area contributed by atoms with Crippen LogP contribution < -0.4 is 0 Å². The second kappa shape index (κ2) is 8.47. The number of hydrogen-bond donors (Lipinski definition) is 0. The summed E-state index contributed by atoms with van der Waals surface area (Å²) in [5.74, 6) is 0. The molecule has 130 valence electrons. The van der Waals surface area contributed by atoms with Gasteiger partial charge in [-0.3, -0.25) is 0 Å². The van der Waals surface area contributed by atoms with E-state index in [9.17, 15) is 0 Å². The zero-order valence-corrected chi connectivity index (χ0v) is 20.3. The molecule has 0 N–H and O–H groups in total. The van der Waals surface area contributed by atoms with Gasteiger partial charge >= 0.3 is 135 Å². The van der Waals surface area contributed by atoms with E-state index >= 15 is 0 Å². The molecule has 0 fully saturated rings. The van der Waals surface area contributed by atoms with E-state index in [0.29, 0.717) is 0 Å². The first kappa shape index (κ1) is 27.2. The normalized spacial score (nSPS) is 13.8. The van der Waals surface area contributed by atoms with Crippen LogP contribution in [0, 0.1) is 0 Å². The Kier molecular flexibility index (Phi) is 11.0. The first-order chi connectivity index (χ1) is 7.97. The van der Waals surface area contributed by atoms with Crippen LogP contribution in [0.1, 0.15) is 83.1 Å². The van der Waals surface area contributed by atoms with Gasteiger partial charge in [-0.2, -0.15) is 0 Å². The first-order valence-corrected chi connectivity index (χ1v) is 9.54. The van der Waals surface area contributed by atoms with Gasteiger partial charge < -0.3 is 0 Å². The van der Waals surface area contributed by atoms with E-state index in [4.69, 9.17) is 0 Å². The Balaban J connectivity index is -0.00000162. The average molecular weight is 421 g/mol. The molecule has 0 unspecified atom stereocenters. The zero-order chi connectivity index (χ0) is 15.9. The molecule has 0 aromatic heterocycles. The molecule has 21 heavy (non-hydrogen) atoms. The predicted octanol–water partition coefficient (Wildman–Crippen LogP) is 5.54. The molecule has 0 heterocycles. The SMILES string of the molecule is CC(C)(C)[N]([Zr][N](C(C)(C)C)C(C)(C)C)C(C)(C)C.Cl.Cl. The molecule has 0 aliphatic rings. The molecule has 0 aliphatic heterocycles. The summed E-state index contributed by atoms with van der Waals surface area (Å²) in [6.45, 7) is 28.2. The molecular formula is C16H38Cl2N2Zr. The largest absolute Gasteiger partial charge is 0.147 e. The Morgan fingerprint density at radius 2 is 0.571 bits per heavy atom. The number of hydrogen-bond acceptors (Lipinski definition) is 2. The predicted molar refractivity (Wildman–Crippen MR) is 97.2 cm³/mol. The van der Waals surface area contributed by atoms with Crippen LogP contribution in [0.25, 0.3) is 0 Å². The average Bonchev–Trinajstić information content (AvgIpc) is 1.91. The monoisotopic (exact) mass is 418 g/mol. The Morgan fingerprint density at radius 3 is 0.667 bits per heavy atom. The summed E-state index contributed by atoms with van der Waals surface area (Å²) < 4.78 is 5.53. The molecule has 0 rings (SSSR count). The van der Waals surface area contributed by atoms with Gasteiger partial charge in [0.05, 0.1) is 0 Å². The molecule has 0 aliphatic carbocycles. The van der Waals surface area contributed by atoms with Crippen molar-refractivity contribution in [1.29, 1.82) is 0 Å². The summed E-state index contributed by atoms with van der Waals surface area (Å²) in [6.07, 6.45) is 0. The van der Waals surface area contributed by atoms with E-state index in [-0.39, 0.29) is 47.0 Å². The standard InChI is InChI=1S/2C8H18N.2ClH.Zr/c2*1-7(2,3)9-8(4,5)6;;;/h2*1-6H3;2*1H;/q2*-1;;;+2. The number of rotatable bonds is 2. The van der Waals surface area contributed by atoms with Gasteiger partial charge in [0.1, 0.15) is 0 Å². The summed E-state index contributed by atoms with van der Waals surface area (Å²) >= 11 is -0.846. The third-order valence-electron chi connectivity index (χ3n) is 2.88. The van der Waals surface area contributed by atoms with E-state index in [1.807, 2.05) is 0 Å². The molecule has 0 amide bonds. The minimum Gasteiger partial charge on any atom is -0.147 e. The van der Waals surface area contributed by atoms with Crippen LogP contribution in [0.3, 0.4) is 0 Å². The smallest absolute Gasteiger partial charge is 0.147 e. The minimum atomic E-state index is -0.846. The Labute approximate surface area is 159 Å². The maximum absolute atomic E-state index is 2.76. The molecule has 0 radical (unpaired) electrons. The zero-order valence-electron chi connectivity index (χ0n) is 16.2. The van der Waals surface area contributed by atoms with Crippen molar-refractivity contribution in [3.8, 4) is 0 Å². The second-order valence-electron chi connectivity index (χ2n) is 9.45. The van der Waals surface area contributed by atoms with Gasteiger partial charge in [0, 0.05) is 0 Å². The molecule has 0 spiro atoms. The maximum atomic E-state index is 2.76. The van der Waals surface area contributed by atoms with Gasteiger partial charge in [-0.25, -0.2) is 0 Å². The summed E-state index contributed by atoms with van der Waals surface area (Å²) in [5.41, 5.74) is 0.941. The summed E-state index contributed by atoms with van der Waals surface area (Å²) in [5, 5.41) is 0. The van der Waals surface area contributed by atoms with Crippen LogP contribution in [-0.4, -0.2) is 27.8 Å². The third kappa shape index (κ3) is 9.31. The second-order valence-corrected chi connectivity index (χ2v) is 12.1.